The van der Waals surface area contributed by atoms with Crippen molar-refractivity contribution in [3.8, 4) is 0 Å². The van der Waals surface area contributed by atoms with E-state index >= 15 is 0 Å². The Morgan fingerprint density at radius 3 is 2.65 bits per heavy atom. The molecule has 0 aliphatic carbocycles. The van der Waals surface area contributed by atoms with Gasteiger partial charge in [0.25, 0.3) is 0 Å². The smallest absolute Gasteiger partial charge is 0.241 e. The van der Waals surface area contributed by atoms with Crippen LogP contribution in [0.2, 0.25) is 5.02 Å². The number of nitrogens with one attached hydrogen (secondary N) is 1. The first kappa shape index (κ1) is 14.8. The minimum absolute atomic E-state index is 0.0353. The lowest BCUT2D eigenvalue weighted by molar-refractivity contribution is 0.372. The summed E-state index contributed by atoms with van der Waals surface area (Å²) < 4.78 is 31.4. The minimum Gasteiger partial charge on any atom is -0.397 e. The van der Waals surface area contributed by atoms with Crippen molar-refractivity contribution in [2.45, 2.75) is 25.3 Å². The van der Waals surface area contributed by atoms with Crippen molar-refractivity contribution in [1.29, 1.82) is 0 Å². The third-order valence-corrected chi connectivity index (χ3v) is 4.45. The summed E-state index contributed by atoms with van der Waals surface area (Å²) in [5, 5.41) is 3.92. The number of benzene rings is 1. The van der Waals surface area contributed by atoms with Gasteiger partial charge < -0.3 is 10.3 Å². The molecule has 7 nitrogen and oxygen atoms in total. The van der Waals surface area contributed by atoms with Crippen molar-refractivity contribution in [3.63, 3.8) is 0 Å². The van der Waals surface area contributed by atoms with Gasteiger partial charge in [-0.15, -0.1) is 0 Å². The van der Waals surface area contributed by atoms with E-state index in [-0.39, 0.29) is 23.0 Å². The monoisotopic (exact) mass is 316 g/mol. The van der Waals surface area contributed by atoms with Crippen molar-refractivity contribution in [2.24, 2.45) is 0 Å². The molecule has 0 amide bonds. The molecule has 2 rings (SSSR count). The van der Waals surface area contributed by atoms with Crippen LogP contribution < -0.4 is 10.5 Å². The zero-order valence-corrected chi connectivity index (χ0v) is 12.4. The fraction of sp³-hybridized carbons (Fsp3) is 0.273. The maximum Gasteiger partial charge on any atom is 0.241 e. The highest BCUT2D eigenvalue weighted by molar-refractivity contribution is 7.89. The summed E-state index contributed by atoms with van der Waals surface area (Å²) in [6.07, 6.45) is 0. The van der Waals surface area contributed by atoms with Crippen LogP contribution in [0.15, 0.2) is 21.6 Å². The van der Waals surface area contributed by atoms with Crippen LogP contribution >= 0.6 is 11.6 Å². The zero-order valence-electron chi connectivity index (χ0n) is 10.8. The van der Waals surface area contributed by atoms with Crippen LogP contribution in [0.4, 0.5) is 5.69 Å². The van der Waals surface area contributed by atoms with Crippen LogP contribution in [-0.2, 0) is 16.6 Å². The quantitative estimate of drug-likeness (QED) is 0.825. The second-order valence-electron chi connectivity index (χ2n) is 4.20. The molecule has 0 aliphatic heterocycles. The second kappa shape index (κ2) is 5.39. The van der Waals surface area contributed by atoms with Crippen molar-refractivity contribution in [2.75, 3.05) is 5.73 Å². The Labute approximate surface area is 121 Å². The zero-order chi connectivity index (χ0) is 14.9. The highest BCUT2D eigenvalue weighted by Gasteiger charge is 2.18. The highest BCUT2D eigenvalue weighted by Crippen LogP contribution is 2.26. The highest BCUT2D eigenvalue weighted by atomic mass is 35.5. The van der Waals surface area contributed by atoms with Gasteiger partial charge in [-0.2, -0.15) is 4.98 Å². The van der Waals surface area contributed by atoms with Crippen LogP contribution in [0, 0.1) is 13.8 Å². The van der Waals surface area contributed by atoms with Gasteiger partial charge in [0.2, 0.25) is 15.9 Å². The van der Waals surface area contributed by atoms with E-state index < -0.39 is 10.0 Å². The molecule has 0 saturated heterocycles. The Hall–Kier alpha value is -1.64. The van der Waals surface area contributed by atoms with Gasteiger partial charge in [0.05, 0.1) is 22.2 Å². The van der Waals surface area contributed by atoms with Gasteiger partial charge in [-0.25, -0.2) is 13.1 Å². The Morgan fingerprint density at radius 2 is 2.10 bits per heavy atom. The molecular weight excluding hydrogens is 304 g/mol. The second-order valence-corrected chi connectivity index (χ2v) is 6.35. The lowest BCUT2D eigenvalue weighted by Gasteiger charge is -2.08. The normalized spacial score (nSPS) is 11.8. The molecule has 0 atom stereocenters. The maximum absolute atomic E-state index is 12.1. The van der Waals surface area contributed by atoms with E-state index in [1.54, 1.807) is 13.8 Å². The van der Waals surface area contributed by atoms with E-state index in [1.165, 1.54) is 12.1 Å². The average Bonchev–Trinajstić information content (AvgIpc) is 2.79. The van der Waals surface area contributed by atoms with Crippen molar-refractivity contribution in [3.05, 3.63) is 34.4 Å². The summed E-state index contributed by atoms with van der Waals surface area (Å²) in [5.41, 5.74) is 6.46. The van der Waals surface area contributed by atoms with Gasteiger partial charge >= 0.3 is 0 Å². The molecular formula is C11H13ClN4O3S. The number of nitrogens with zero attached hydrogens (tertiary/aromatic N) is 2. The number of halogens is 1. The topological polar surface area (TPSA) is 111 Å². The summed E-state index contributed by atoms with van der Waals surface area (Å²) in [7, 11) is -3.73. The van der Waals surface area contributed by atoms with Crippen molar-refractivity contribution < 1.29 is 12.9 Å². The van der Waals surface area contributed by atoms with Crippen LogP contribution in [0.1, 0.15) is 17.3 Å². The Bertz CT molecular complexity index is 719. The SMILES string of the molecule is Cc1noc(CNS(=O)(=O)c2cc(C)c(Cl)c(N)c2)n1. The molecule has 0 saturated carbocycles. The molecule has 1 aromatic heterocycles. The predicted molar refractivity (Wildman–Crippen MR) is 73.7 cm³/mol. The van der Waals surface area contributed by atoms with Crippen LogP contribution in [0.25, 0.3) is 0 Å². The van der Waals surface area contributed by atoms with Gasteiger partial charge in [-0.1, -0.05) is 16.8 Å². The van der Waals surface area contributed by atoms with E-state index in [4.69, 9.17) is 21.9 Å². The lowest BCUT2D eigenvalue weighted by Crippen LogP contribution is -2.23. The standard InChI is InChI=1S/C11H13ClN4O3S/c1-6-3-8(4-9(13)11(6)12)20(17,18)14-5-10-15-7(2)16-19-10/h3-4,14H,5,13H2,1-2H3. The van der Waals surface area contributed by atoms with Crippen LogP contribution in [-0.4, -0.2) is 18.6 Å². The first-order valence-electron chi connectivity index (χ1n) is 5.64. The molecule has 20 heavy (non-hydrogen) atoms. The summed E-state index contributed by atoms with van der Waals surface area (Å²) in [6.45, 7) is 3.23. The fourth-order valence-corrected chi connectivity index (χ4v) is 2.77. The largest absolute Gasteiger partial charge is 0.397 e. The number of hydrogen-bond donors (Lipinski definition) is 2. The Morgan fingerprint density at radius 1 is 1.40 bits per heavy atom. The average molecular weight is 317 g/mol. The maximum atomic E-state index is 12.1. The molecule has 0 radical (unpaired) electrons. The van der Waals surface area contributed by atoms with E-state index in [0.29, 0.717) is 16.4 Å². The first-order valence-corrected chi connectivity index (χ1v) is 7.50. The molecule has 108 valence electrons. The van der Waals surface area contributed by atoms with E-state index in [9.17, 15) is 8.42 Å². The molecule has 3 N–H and O–H groups in total. The number of anilines is 1. The predicted octanol–water partition coefficient (Wildman–Crippen LogP) is 1.40. The summed E-state index contributed by atoms with van der Waals surface area (Å²) in [4.78, 5) is 3.94. The molecule has 1 aromatic carbocycles. The lowest BCUT2D eigenvalue weighted by atomic mass is 10.2. The Kier molecular flexibility index (Phi) is 3.98. The summed E-state index contributed by atoms with van der Waals surface area (Å²) >= 11 is 5.90. The van der Waals surface area contributed by atoms with Crippen molar-refractivity contribution in [1.82, 2.24) is 14.9 Å². The van der Waals surface area contributed by atoms with Gasteiger partial charge in [-0.05, 0) is 31.5 Å². The molecule has 0 fully saturated rings. The molecule has 2 aromatic rings. The number of aryl methyl sites for hydroxylation is 2. The number of nitrogens with two attached hydrogens (primary N) is 1. The minimum atomic E-state index is -3.73. The summed E-state index contributed by atoms with van der Waals surface area (Å²) in [6, 6.07) is 2.75. The molecule has 0 bridgehead atoms. The van der Waals surface area contributed by atoms with E-state index in [2.05, 4.69) is 14.9 Å². The van der Waals surface area contributed by atoms with E-state index in [0.717, 1.165) is 0 Å². The molecule has 9 heteroatoms. The van der Waals surface area contributed by atoms with Crippen LogP contribution in [0.5, 0.6) is 0 Å². The van der Waals surface area contributed by atoms with Crippen LogP contribution in [0.3, 0.4) is 0 Å². The van der Waals surface area contributed by atoms with Gasteiger partial charge in [0.1, 0.15) is 0 Å². The number of rotatable bonds is 4. The molecule has 0 spiro atoms. The van der Waals surface area contributed by atoms with Crippen molar-refractivity contribution >= 4 is 27.3 Å². The van der Waals surface area contributed by atoms with Gasteiger partial charge in [-0.3, -0.25) is 0 Å². The Balaban J connectivity index is 2.22. The fourth-order valence-electron chi connectivity index (χ4n) is 1.57. The number of sulfonamides is 1. The number of aromatic nitrogens is 2. The molecule has 1 heterocycles. The van der Waals surface area contributed by atoms with Gasteiger partial charge in [0, 0.05) is 0 Å². The third kappa shape index (κ3) is 3.09. The number of hydrogen-bond acceptors (Lipinski definition) is 6. The van der Waals surface area contributed by atoms with E-state index in [1.807, 2.05) is 0 Å². The molecule has 0 aliphatic rings. The molecule has 0 unspecified atom stereocenters. The number of nitrogen functional groups attached to an aromatic ring is 1. The first-order chi connectivity index (χ1) is 9.29. The third-order valence-electron chi connectivity index (χ3n) is 2.55. The summed E-state index contributed by atoms with van der Waals surface area (Å²) in [5.74, 6) is 0.621. The van der Waals surface area contributed by atoms with Gasteiger partial charge in [0.15, 0.2) is 5.82 Å².